The van der Waals surface area contributed by atoms with E-state index < -0.39 is 0 Å². The van der Waals surface area contributed by atoms with Crippen LogP contribution in [-0.2, 0) is 11.3 Å². The lowest BCUT2D eigenvalue weighted by molar-refractivity contribution is -0.115. The quantitative estimate of drug-likeness (QED) is 0.190. The predicted molar refractivity (Wildman–Crippen MR) is 161 cm³/mol. The number of amides is 2. The van der Waals surface area contributed by atoms with Gasteiger partial charge in [-0.25, -0.2) is 0 Å². The molecule has 0 saturated heterocycles. The summed E-state index contributed by atoms with van der Waals surface area (Å²) in [6, 6.07) is 29.0. The summed E-state index contributed by atoms with van der Waals surface area (Å²) in [5.41, 5.74) is 4.35. The zero-order valence-electron chi connectivity index (χ0n) is 22.2. The number of aryl methyl sites for hydroxylation is 1. The van der Waals surface area contributed by atoms with Gasteiger partial charge in [-0.2, -0.15) is 0 Å². The second-order valence-corrected chi connectivity index (χ2v) is 10.5. The van der Waals surface area contributed by atoms with Crippen molar-refractivity contribution in [3.8, 4) is 5.75 Å². The molecule has 5 rings (SSSR count). The Morgan fingerprint density at radius 3 is 2.31 bits per heavy atom. The van der Waals surface area contributed by atoms with E-state index in [9.17, 15) is 9.59 Å². The third-order valence-corrected chi connectivity index (χ3v) is 8.10. The topological polar surface area (TPSA) is 72.4 Å². The third-order valence-electron chi connectivity index (χ3n) is 6.74. The van der Waals surface area contributed by atoms with Crippen LogP contribution in [0.2, 0.25) is 0 Å². The molecule has 0 radical (unpaired) electrons. The van der Waals surface area contributed by atoms with Crippen molar-refractivity contribution in [3.63, 3.8) is 0 Å². The Bertz CT molecular complexity index is 1640. The molecule has 2 amide bonds. The molecular formula is C32H31N3O3S. The molecular weight excluding hydrogens is 506 g/mol. The van der Waals surface area contributed by atoms with Gasteiger partial charge in [0, 0.05) is 50.2 Å². The number of ether oxygens (including phenoxy) is 1. The van der Waals surface area contributed by atoms with Crippen LogP contribution in [0.5, 0.6) is 5.75 Å². The maximum absolute atomic E-state index is 13.3. The van der Waals surface area contributed by atoms with Crippen LogP contribution < -0.4 is 15.4 Å². The Kier molecular flexibility index (Phi) is 7.89. The molecule has 7 heteroatoms. The van der Waals surface area contributed by atoms with Gasteiger partial charge in [0.2, 0.25) is 5.91 Å². The molecule has 0 bridgehead atoms. The number of rotatable bonds is 9. The lowest BCUT2D eigenvalue weighted by Crippen LogP contribution is -2.24. The van der Waals surface area contributed by atoms with E-state index in [1.165, 1.54) is 22.7 Å². The van der Waals surface area contributed by atoms with Crippen LogP contribution in [0, 0.1) is 0 Å². The average Bonchev–Trinajstić information content (AvgIpc) is 3.29. The first-order chi connectivity index (χ1) is 19.0. The number of anilines is 2. The number of benzene rings is 4. The summed E-state index contributed by atoms with van der Waals surface area (Å²) in [5, 5.41) is 8.09. The normalized spacial score (nSPS) is 11.9. The fraction of sp³-hybridized carbons (Fsp3) is 0.188. The summed E-state index contributed by atoms with van der Waals surface area (Å²) >= 11 is 1.49. The van der Waals surface area contributed by atoms with Crippen LogP contribution in [-0.4, -0.2) is 28.7 Å². The van der Waals surface area contributed by atoms with Crippen molar-refractivity contribution in [2.75, 3.05) is 17.7 Å². The van der Waals surface area contributed by atoms with E-state index in [1.807, 2.05) is 43.3 Å². The molecule has 1 atom stereocenters. The number of carbonyl (C=O) groups is 2. The van der Waals surface area contributed by atoms with Crippen molar-refractivity contribution in [2.45, 2.75) is 37.0 Å². The van der Waals surface area contributed by atoms with Crippen LogP contribution in [0.3, 0.4) is 0 Å². The Morgan fingerprint density at radius 2 is 1.56 bits per heavy atom. The summed E-state index contributed by atoms with van der Waals surface area (Å²) in [6.45, 7) is 5.03. The van der Waals surface area contributed by atoms with E-state index in [1.54, 1.807) is 31.4 Å². The minimum Gasteiger partial charge on any atom is -0.497 e. The summed E-state index contributed by atoms with van der Waals surface area (Å²) in [6.07, 6.45) is 0.663. The number of hydrogen-bond acceptors (Lipinski definition) is 4. The highest BCUT2D eigenvalue weighted by Gasteiger charge is 2.19. The van der Waals surface area contributed by atoms with E-state index in [2.05, 4.69) is 52.5 Å². The maximum Gasteiger partial charge on any atom is 0.255 e. The fourth-order valence-electron chi connectivity index (χ4n) is 4.77. The van der Waals surface area contributed by atoms with E-state index in [-0.39, 0.29) is 17.1 Å². The lowest BCUT2D eigenvalue weighted by atomic mass is 10.1. The number of hydrogen-bond donors (Lipinski definition) is 2. The van der Waals surface area contributed by atoms with Crippen molar-refractivity contribution < 1.29 is 14.3 Å². The zero-order chi connectivity index (χ0) is 27.4. The summed E-state index contributed by atoms with van der Waals surface area (Å²) < 4.78 is 7.45. The summed E-state index contributed by atoms with van der Waals surface area (Å²) in [4.78, 5) is 26.9. The zero-order valence-corrected chi connectivity index (χ0v) is 23.0. The molecule has 0 aliphatic heterocycles. The van der Waals surface area contributed by atoms with Gasteiger partial charge in [-0.1, -0.05) is 31.2 Å². The van der Waals surface area contributed by atoms with Crippen molar-refractivity contribution >= 4 is 56.8 Å². The molecule has 0 spiro atoms. The first-order valence-electron chi connectivity index (χ1n) is 13.0. The van der Waals surface area contributed by atoms with Gasteiger partial charge in [0.15, 0.2) is 0 Å². The van der Waals surface area contributed by atoms with Gasteiger partial charge >= 0.3 is 0 Å². The van der Waals surface area contributed by atoms with Crippen molar-refractivity contribution in [2.24, 2.45) is 0 Å². The first kappa shape index (κ1) is 26.4. The number of methoxy groups -OCH3 is 1. The smallest absolute Gasteiger partial charge is 0.255 e. The molecule has 2 N–H and O–H groups in total. The molecule has 4 aromatic carbocycles. The number of thioether (sulfide) groups is 1. The highest BCUT2D eigenvalue weighted by atomic mass is 32.2. The molecule has 39 heavy (non-hydrogen) atoms. The lowest BCUT2D eigenvalue weighted by Gasteiger charge is -2.16. The van der Waals surface area contributed by atoms with Gasteiger partial charge < -0.3 is 19.9 Å². The fourth-order valence-corrected chi connectivity index (χ4v) is 5.79. The van der Waals surface area contributed by atoms with E-state index in [4.69, 9.17) is 4.74 Å². The van der Waals surface area contributed by atoms with Gasteiger partial charge in [0.05, 0.1) is 12.4 Å². The Morgan fingerprint density at radius 1 is 0.821 bits per heavy atom. The standard InChI is InChI=1S/C32H31N3O3S/c1-4-30(39-25-10-8-9-22(19-25)33-31(36)21-13-16-24(38-3)17-14-21)32(37)34-23-15-18-29-27(20-23)26-11-6-7-12-28(26)35(29)5-2/h6-20,30H,4-5H2,1-3H3,(H,33,36)(H,34,37). The predicted octanol–water partition coefficient (Wildman–Crippen LogP) is 7.58. The number of fused-ring (bicyclic) bond motifs is 3. The molecule has 1 heterocycles. The second-order valence-electron chi connectivity index (χ2n) is 9.21. The molecule has 0 fully saturated rings. The van der Waals surface area contributed by atoms with Crippen LogP contribution in [0.4, 0.5) is 11.4 Å². The van der Waals surface area contributed by atoms with Crippen LogP contribution in [0.25, 0.3) is 21.8 Å². The van der Waals surface area contributed by atoms with Crippen LogP contribution in [0.1, 0.15) is 30.6 Å². The number of carbonyl (C=O) groups excluding carboxylic acids is 2. The second kappa shape index (κ2) is 11.7. The maximum atomic E-state index is 13.3. The van der Waals surface area contributed by atoms with Crippen LogP contribution in [0.15, 0.2) is 95.9 Å². The molecule has 6 nitrogen and oxygen atoms in total. The van der Waals surface area contributed by atoms with Crippen molar-refractivity contribution in [3.05, 3.63) is 96.6 Å². The summed E-state index contributed by atoms with van der Waals surface area (Å²) in [7, 11) is 1.59. The van der Waals surface area contributed by atoms with Gasteiger partial charge in [0.1, 0.15) is 5.75 Å². The molecule has 1 aromatic heterocycles. The average molecular weight is 538 g/mol. The number of nitrogens with one attached hydrogen (secondary N) is 2. The molecule has 1 unspecified atom stereocenters. The monoisotopic (exact) mass is 537 g/mol. The largest absolute Gasteiger partial charge is 0.497 e. The van der Waals surface area contributed by atoms with Crippen LogP contribution >= 0.6 is 11.8 Å². The van der Waals surface area contributed by atoms with E-state index >= 15 is 0 Å². The summed E-state index contributed by atoms with van der Waals surface area (Å²) in [5.74, 6) is 0.444. The highest BCUT2D eigenvalue weighted by molar-refractivity contribution is 8.00. The van der Waals surface area contributed by atoms with E-state index in [0.29, 0.717) is 23.4 Å². The number of nitrogens with zero attached hydrogens (tertiary/aromatic N) is 1. The number of aromatic nitrogens is 1. The molecule has 0 saturated carbocycles. The SMILES string of the molecule is CCC(Sc1cccc(NC(=O)c2ccc(OC)cc2)c1)C(=O)Nc1ccc2c(c1)c1ccccc1n2CC. The highest BCUT2D eigenvalue weighted by Crippen LogP contribution is 2.32. The Labute approximate surface area is 232 Å². The molecule has 0 aliphatic rings. The van der Waals surface area contributed by atoms with Crippen molar-refractivity contribution in [1.82, 2.24) is 4.57 Å². The molecule has 5 aromatic rings. The molecule has 198 valence electrons. The van der Waals surface area contributed by atoms with E-state index in [0.717, 1.165) is 28.0 Å². The van der Waals surface area contributed by atoms with Gasteiger partial charge in [-0.15, -0.1) is 11.8 Å². The minimum atomic E-state index is -0.287. The Balaban J connectivity index is 1.29. The minimum absolute atomic E-state index is 0.0475. The van der Waals surface area contributed by atoms with Gasteiger partial charge in [0.25, 0.3) is 5.91 Å². The van der Waals surface area contributed by atoms with Crippen molar-refractivity contribution in [1.29, 1.82) is 0 Å². The number of para-hydroxylation sites is 1. The van der Waals surface area contributed by atoms with Gasteiger partial charge in [-0.05, 0) is 80.1 Å². The third kappa shape index (κ3) is 5.64. The Hall–Kier alpha value is -4.23. The molecule has 0 aliphatic carbocycles. The first-order valence-corrected chi connectivity index (χ1v) is 13.9. The van der Waals surface area contributed by atoms with Gasteiger partial charge in [-0.3, -0.25) is 9.59 Å².